The van der Waals surface area contributed by atoms with E-state index >= 15 is 0 Å². The van der Waals surface area contributed by atoms with Crippen molar-refractivity contribution in [3.05, 3.63) is 40.9 Å². The summed E-state index contributed by atoms with van der Waals surface area (Å²) in [5, 5.41) is 9.36. The molecule has 0 aliphatic rings. The highest BCUT2D eigenvalue weighted by Gasteiger charge is 2.03. The molecule has 0 aromatic heterocycles. The molecule has 1 rings (SSSR count). The molecule has 0 saturated carbocycles. The highest BCUT2D eigenvalue weighted by Crippen LogP contribution is 2.22. The summed E-state index contributed by atoms with van der Waals surface area (Å²) >= 11 is 5.85. The smallest absolute Gasteiger partial charge is 0.328 e. The van der Waals surface area contributed by atoms with Crippen molar-refractivity contribution < 1.29 is 9.90 Å². The van der Waals surface area contributed by atoms with Crippen molar-refractivity contribution in [1.82, 2.24) is 0 Å². The molecule has 0 atom stereocenters. The van der Waals surface area contributed by atoms with E-state index in [1.54, 1.807) is 12.1 Å². The van der Waals surface area contributed by atoms with Gasteiger partial charge in [-0.05, 0) is 29.7 Å². The lowest BCUT2D eigenvalue weighted by Crippen LogP contribution is -1.92. The Morgan fingerprint density at radius 1 is 1.53 bits per heavy atom. The summed E-state index contributed by atoms with van der Waals surface area (Å²) < 4.78 is 0. The number of benzene rings is 1. The molecule has 1 N–H and O–H groups in total. The summed E-state index contributed by atoms with van der Waals surface area (Å²) in [6, 6.07) is 7.25. The summed E-state index contributed by atoms with van der Waals surface area (Å²) in [7, 11) is 0. The first-order chi connectivity index (χ1) is 7.13. The monoisotopic (exact) mass is 224 g/mol. The molecule has 3 heteroatoms. The first-order valence-corrected chi connectivity index (χ1v) is 5.20. The first-order valence-electron chi connectivity index (χ1n) is 4.83. The molecule has 0 spiro atoms. The lowest BCUT2D eigenvalue weighted by Gasteiger charge is -2.05. The Morgan fingerprint density at radius 3 is 2.80 bits per heavy atom. The molecular formula is C12H13ClO2. The average molecular weight is 225 g/mol. The van der Waals surface area contributed by atoms with E-state index in [9.17, 15) is 4.79 Å². The summed E-state index contributed by atoms with van der Waals surface area (Å²) in [6.45, 7) is 2.01. The summed E-state index contributed by atoms with van der Waals surface area (Å²) in [5.74, 6) is -0.918. The number of halogens is 1. The van der Waals surface area contributed by atoms with Gasteiger partial charge in [0.05, 0.1) is 0 Å². The van der Waals surface area contributed by atoms with Crippen LogP contribution in [0, 0.1) is 0 Å². The van der Waals surface area contributed by atoms with Gasteiger partial charge in [0, 0.05) is 11.1 Å². The molecule has 2 nitrogen and oxygen atoms in total. The molecule has 0 aliphatic carbocycles. The van der Waals surface area contributed by atoms with Gasteiger partial charge in [0.25, 0.3) is 0 Å². The van der Waals surface area contributed by atoms with E-state index in [4.69, 9.17) is 16.7 Å². The van der Waals surface area contributed by atoms with E-state index in [0.717, 1.165) is 24.0 Å². The highest BCUT2D eigenvalue weighted by molar-refractivity contribution is 6.30. The minimum atomic E-state index is -0.918. The van der Waals surface area contributed by atoms with Crippen molar-refractivity contribution in [3.63, 3.8) is 0 Å². The Kier molecular flexibility index (Phi) is 4.37. The van der Waals surface area contributed by atoms with Crippen LogP contribution in [0.1, 0.15) is 25.3 Å². The molecule has 0 fully saturated rings. The van der Waals surface area contributed by atoms with E-state index in [-0.39, 0.29) is 0 Å². The topological polar surface area (TPSA) is 37.3 Å². The molecule has 0 radical (unpaired) electrons. The maximum Gasteiger partial charge on any atom is 0.328 e. The van der Waals surface area contributed by atoms with Crippen LogP contribution in [0.25, 0.3) is 5.57 Å². The van der Waals surface area contributed by atoms with Crippen LogP contribution in [0.2, 0.25) is 5.02 Å². The van der Waals surface area contributed by atoms with Gasteiger partial charge in [0.15, 0.2) is 0 Å². The first kappa shape index (κ1) is 11.8. The maximum atomic E-state index is 10.6. The fourth-order valence-corrected chi connectivity index (χ4v) is 1.60. The Hall–Kier alpha value is -1.28. The molecule has 1 aromatic rings. The number of carboxylic acid groups (broad SMARTS) is 1. The van der Waals surface area contributed by atoms with Crippen LogP contribution in [-0.2, 0) is 4.79 Å². The Balaban J connectivity index is 3.04. The largest absolute Gasteiger partial charge is 0.478 e. The minimum Gasteiger partial charge on any atom is -0.478 e. The Labute approximate surface area is 94.2 Å². The Bertz CT molecular complexity index is 383. The molecule has 0 saturated heterocycles. The molecule has 0 bridgehead atoms. The second kappa shape index (κ2) is 5.56. The maximum absolute atomic E-state index is 10.6. The molecule has 1 aromatic carbocycles. The van der Waals surface area contributed by atoms with Crippen molar-refractivity contribution in [3.8, 4) is 0 Å². The number of carboxylic acids is 1. The summed E-state index contributed by atoms with van der Waals surface area (Å²) in [4.78, 5) is 10.6. The van der Waals surface area contributed by atoms with Crippen LogP contribution >= 0.6 is 11.6 Å². The van der Waals surface area contributed by atoms with Gasteiger partial charge < -0.3 is 5.11 Å². The second-order valence-corrected chi connectivity index (χ2v) is 3.70. The van der Waals surface area contributed by atoms with Crippen LogP contribution in [0.15, 0.2) is 30.3 Å². The zero-order valence-electron chi connectivity index (χ0n) is 8.53. The van der Waals surface area contributed by atoms with Gasteiger partial charge in [-0.1, -0.05) is 37.1 Å². The normalized spacial score (nSPS) is 11.5. The summed E-state index contributed by atoms with van der Waals surface area (Å²) in [6.07, 6.45) is 2.90. The van der Waals surface area contributed by atoms with Crippen LogP contribution < -0.4 is 0 Å². The van der Waals surface area contributed by atoms with Gasteiger partial charge in [-0.25, -0.2) is 4.79 Å². The van der Waals surface area contributed by atoms with Gasteiger partial charge in [-0.2, -0.15) is 0 Å². The van der Waals surface area contributed by atoms with Gasteiger partial charge in [0.2, 0.25) is 0 Å². The van der Waals surface area contributed by atoms with E-state index in [0.29, 0.717) is 5.02 Å². The number of aliphatic carboxylic acids is 1. The van der Waals surface area contributed by atoms with Crippen molar-refractivity contribution in [1.29, 1.82) is 0 Å². The third-order valence-electron chi connectivity index (χ3n) is 2.01. The predicted octanol–water partition coefficient (Wildman–Crippen LogP) is 3.61. The molecule has 0 amide bonds. The quantitative estimate of drug-likeness (QED) is 0.794. The fourth-order valence-electron chi connectivity index (χ4n) is 1.41. The zero-order valence-corrected chi connectivity index (χ0v) is 9.29. The van der Waals surface area contributed by atoms with Crippen LogP contribution in [0.5, 0.6) is 0 Å². The highest BCUT2D eigenvalue weighted by atomic mass is 35.5. The van der Waals surface area contributed by atoms with Crippen LogP contribution in [0.4, 0.5) is 0 Å². The van der Waals surface area contributed by atoms with Gasteiger partial charge in [-0.15, -0.1) is 0 Å². The Morgan fingerprint density at radius 2 is 2.27 bits per heavy atom. The predicted molar refractivity (Wildman–Crippen MR) is 62.0 cm³/mol. The van der Waals surface area contributed by atoms with Crippen LogP contribution in [0.3, 0.4) is 0 Å². The number of hydrogen-bond acceptors (Lipinski definition) is 1. The van der Waals surface area contributed by atoms with Crippen LogP contribution in [-0.4, -0.2) is 11.1 Å². The SMILES string of the molecule is CCC/C(=C\C(=O)O)c1cccc(Cl)c1. The lowest BCUT2D eigenvalue weighted by atomic mass is 10.0. The van der Waals surface area contributed by atoms with E-state index in [2.05, 4.69) is 0 Å². The lowest BCUT2D eigenvalue weighted by molar-refractivity contribution is -0.131. The van der Waals surface area contributed by atoms with Crippen molar-refractivity contribution in [2.75, 3.05) is 0 Å². The van der Waals surface area contributed by atoms with Crippen molar-refractivity contribution >= 4 is 23.1 Å². The van der Waals surface area contributed by atoms with Gasteiger partial charge >= 0.3 is 5.97 Å². The fraction of sp³-hybridized carbons (Fsp3) is 0.250. The number of hydrogen-bond donors (Lipinski definition) is 1. The molecule has 0 aliphatic heterocycles. The van der Waals surface area contributed by atoms with E-state index < -0.39 is 5.97 Å². The molecule has 0 heterocycles. The second-order valence-electron chi connectivity index (χ2n) is 3.27. The number of carbonyl (C=O) groups is 1. The summed E-state index contributed by atoms with van der Waals surface area (Å²) in [5.41, 5.74) is 1.69. The number of rotatable bonds is 4. The zero-order chi connectivity index (χ0) is 11.3. The third kappa shape index (κ3) is 3.76. The van der Waals surface area contributed by atoms with Gasteiger partial charge in [-0.3, -0.25) is 0 Å². The minimum absolute atomic E-state index is 0.625. The molecular weight excluding hydrogens is 212 g/mol. The third-order valence-corrected chi connectivity index (χ3v) is 2.25. The van der Waals surface area contributed by atoms with E-state index in [1.807, 2.05) is 19.1 Å². The van der Waals surface area contributed by atoms with E-state index in [1.165, 1.54) is 6.08 Å². The molecule has 0 unspecified atom stereocenters. The van der Waals surface area contributed by atoms with Crippen molar-refractivity contribution in [2.24, 2.45) is 0 Å². The molecule has 80 valence electrons. The average Bonchev–Trinajstić information content (AvgIpc) is 2.16. The number of allylic oxidation sites excluding steroid dienone is 1. The molecule has 15 heavy (non-hydrogen) atoms. The van der Waals surface area contributed by atoms with Gasteiger partial charge in [0.1, 0.15) is 0 Å². The standard InChI is InChI=1S/C12H13ClO2/c1-2-4-9(8-12(14)15)10-5-3-6-11(13)7-10/h3,5-8H,2,4H2,1H3,(H,14,15)/b9-8+. The van der Waals surface area contributed by atoms with Crippen molar-refractivity contribution in [2.45, 2.75) is 19.8 Å².